The Morgan fingerprint density at radius 3 is 2.65 bits per heavy atom. The van der Waals surface area contributed by atoms with E-state index in [0.717, 1.165) is 5.56 Å². The van der Waals surface area contributed by atoms with Crippen LogP contribution in [0.3, 0.4) is 0 Å². The quantitative estimate of drug-likeness (QED) is 0.678. The number of carbonyl (C=O) groups excluding carboxylic acids is 1. The fourth-order valence-corrected chi connectivity index (χ4v) is 2.63. The molecule has 0 bridgehead atoms. The summed E-state index contributed by atoms with van der Waals surface area (Å²) in [4.78, 5) is 12.0. The van der Waals surface area contributed by atoms with Crippen molar-refractivity contribution >= 4 is 5.97 Å². The first-order valence-electron chi connectivity index (χ1n) is 8.95. The second-order valence-corrected chi connectivity index (χ2v) is 7.82. The third-order valence-corrected chi connectivity index (χ3v) is 4.35. The van der Waals surface area contributed by atoms with Gasteiger partial charge in [0, 0.05) is 5.41 Å². The van der Waals surface area contributed by atoms with Crippen LogP contribution in [-0.4, -0.2) is 48.9 Å². The van der Waals surface area contributed by atoms with E-state index in [-0.39, 0.29) is 19.1 Å². The number of ether oxygens (including phenoxy) is 4. The minimum Gasteiger partial charge on any atom is -0.463 e. The fraction of sp³-hybridized carbons (Fsp3) is 0.650. The second kappa shape index (κ2) is 8.95. The molecule has 6 nitrogen and oxygen atoms in total. The van der Waals surface area contributed by atoms with E-state index in [1.54, 1.807) is 0 Å². The van der Waals surface area contributed by atoms with Crippen molar-refractivity contribution in [3.8, 4) is 0 Å². The average molecular weight is 366 g/mol. The molecule has 2 rings (SSSR count). The van der Waals surface area contributed by atoms with Crippen LogP contribution in [0.15, 0.2) is 30.3 Å². The minimum absolute atomic E-state index is 0.0847. The van der Waals surface area contributed by atoms with Gasteiger partial charge in [0.1, 0.15) is 12.7 Å². The first-order chi connectivity index (χ1) is 12.2. The number of aliphatic hydroxyl groups is 1. The Hall–Kier alpha value is -1.47. The van der Waals surface area contributed by atoms with Crippen LogP contribution < -0.4 is 0 Å². The summed E-state index contributed by atoms with van der Waals surface area (Å²) in [6.45, 7) is 8.69. The summed E-state index contributed by atoms with van der Waals surface area (Å²) in [5.74, 6) is -1.10. The van der Waals surface area contributed by atoms with Gasteiger partial charge in [-0.15, -0.1) is 0 Å². The van der Waals surface area contributed by atoms with Gasteiger partial charge in [-0.2, -0.15) is 0 Å². The molecule has 1 aromatic rings. The summed E-state index contributed by atoms with van der Waals surface area (Å²) in [5.41, 5.74) is 0.502. The lowest BCUT2D eigenvalue weighted by Gasteiger charge is -2.29. The highest BCUT2D eigenvalue weighted by atomic mass is 16.7. The van der Waals surface area contributed by atoms with Crippen LogP contribution in [-0.2, 0) is 30.3 Å². The number of hydrogen-bond donors (Lipinski definition) is 1. The smallest absolute Gasteiger partial charge is 0.308 e. The molecule has 0 amide bonds. The largest absolute Gasteiger partial charge is 0.463 e. The molecule has 0 spiro atoms. The van der Waals surface area contributed by atoms with E-state index >= 15 is 0 Å². The normalized spacial score (nSPS) is 20.7. The van der Waals surface area contributed by atoms with E-state index in [0.29, 0.717) is 19.8 Å². The van der Waals surface area contributed by atoms with E-state index in [1.807, 2.05) is 58.0 Å². The highest BCUT2D eigenvalue weighted by Crippen LogP contribution is 2.25. The van der Waals surface area contributed by atoms with Gasteiger partial charge in [-0.05, 0) is 19.4 Å². The Balaban J connectivity index is 1.69. The Morgan fingerprint density at radius 1 is 1.35 bits per heavy atom. The van der Waals surface area contributed by atoms with Crippen LogP contribution in [0.1, 0.15) is 39.7 Å². The number of esters is 1. The zero-order valence-electron chi connectivity index (χ0n) is 16.1. The van der Waals surface area contributed by atoms with E-state index < -0.39 is 23.3 Å². The maximum Gasteiger partial charge on any atom is 0.308 e. The molecular formula is C20H30O6. The molecule has 1 aliphatic rings. The van der Waals surface area contributed by atoms with Crippen LogP contribution in [0.25, 0.3) is 0 Å². The van der Waals surface area contributed by atoms with Crippen molar-refractivity contribution in [2.24, 2.45) is 5.41 Å². The van der Waals surface area contributed by atoms with Gasteiger partial charge in [0.05, 0.1) is 32.3 Å². The van der Waals surface area contributed by atoms with Crippen molar-refractivity contribution in [3.63, 3.8) is 0 Å². The van der Waals surface area contributed by atoms with Crippen molar-refractivity contribution < 1.29 is 28.8 Å². The molecule has 0 aliphatic carbocycles. The zero-order valence-corrected chi connectivity index (χ0v) is 16.1. The van der Waals surface area contributed by atoms with Gasteiger partial charge in [0.25, 0.3) is 0 Å². The van der Waals surface area contributed by atoms with Gasteiger partial charge >= 0.3 is 5.97 Å². The topological polar surface area (TPSA) is 74.2 Å². The van der Waals surface area contributed by atoms with Gasteiger partial charge in [-0.25, -0.2) is 0 Å². The predicted molar refractivity (Wildman–Crippen MR) is 96.4 cm³/mol. The first-order valence-corrected chi connectivity index (χ1v) is 8.95. The van der Waals surface area contributed by atoms with Gasteiger partial charge in [0.2, 0.25) is 0 Å². The third kappa shape index (κ3) is 6.68. The van der Waals surface area contributed by atoms with Crippen molar-refractivity contribution in [2.45, 2.75) is 58.7 Å². The molecule has 0 aromatic heterocycles. The number of benzene rings is 1. The van der Waals surface area contributed by atoms with Gasteiger partial charge in [-0.1, -0.05) is 44.2 Å². The van der Waals surface area contributed by atoms with E-state index in [2.05, 4.69) is 0 Å². The molecule has 1 heterocycles. The molecule has 2 atom stereocenters. The molecule has 6 heteroatoms. The van der Waals surface area contributed by atoms with E-state index in [9.17, 15) is 9.90 Å². The third-order valence-electron chi connectivity index (χ3n) is 4.35. The van der Waals surface area contributed by atoms with Crippen molar-refractivity contribution in [3.05, 3.63) is 35.9 Å². The minimum atomic E-state index is -0.858. The Labute approximate surface area is 155 Å². The zero-order chi connectivity index (χ0) is 19.2. The summed E-state index contributed by atoms with van der Waals surface area (Å²) in [6.07, 6.45) is -1.21. The highest BCUT2D eigenvalue weighted by molar-refractivity contribution is 5.70. The standard InChI is InChI=1S/C20H30O6/c1-19(2,14-23-11-15-8-6-5-7-9-15)17(21)10-18(22)24-12-16-13-25-20(3,4)26-16/h5-9,16-17,21H,10-14H2,1-4H3. The van der Waals surface area contributed by atoms with Crippen molar-refractivity contribution in [2.75, 3.05) is 19.8 Å². The first kappa shape index (κ1) is 20.8. The van der Waals surface area contributed by atoms with Crippen molar-refractivity contribution in [1.29, 1.82) is 0 Å². The molecule has 1 saturated heterocycles. The van der Waals surface area contributed by atoms with Crippen molar-refractivity contribution in [1.82, 2.24) is 0 Å². The van der Waals surface area contributed by atoms with Crippen LogP contribution in [0, 0.1) is 5.41 Å². The van der Waals surface area contributed by atoms with Crippen LogP contribution in [0.5, 0.6) is 0 Å². The second-order valence-electron chi connectivity index (χ2n) is 7.82. The maximum atomic E-state index is 12.0. The lowest BCUT2D eigenvalue weighted by Crippen LogP contribution is -2.36. The summed E-state index contributed by atoms with van der Waals surface area (Å²) in [5, 5.41) is 10.4. The Bertz CT molecular complexity index is 569. The monoisotopic (exact) mass is 366 g/mol. The SMILES string of the molecule is CC1(C)OCC(COC(=O)CC(O)C(C)(C)COCc2ccccc2)O1. The molecule has 1 aromatic carbocycles. The molecule has 1 fully saturated rings. The van der Waals surface area contributed by atoms with E-state index in [1.165, 1.54) is 0 Å². The van der Waals surface area contributed by atoms with Crippen LogP contribution in [0.4, 0.5) is 0 Å². The molecule has 0 saturated carbocycles. The molecular weight excluding hydrogens is 336 g/mol. The Kier molecular flexibility index (Phi) is 7.17. The predicted octanol–water partition coefficient (Wildman–Crippen LogP) is 2.68. The average Bonchev–Trinajstić information content (AvgIpc) is 2.93. The molecule has 1 aliphatic heterocycles. The Morgan fingerprint density at radius 2 is 2.04 bits per heavy atom. The number of aliphatic hydroxyl groups excluding tert-OH is 1. The maximum absolute atomic E-state index is 12.0. The van der Waals surface area contributed by atoms with E-state index in [4.69, 9.17) is 18.9 Å². The van der Waals surface area contributed by atoms with Crippen LogP contribution >= 0.6 is 0 Å². The van der Waals surface area contributed by atoms with Gasteiger partial charge < -0.3 is 24.1 Å². The lowest BCUT2D eigenvalue weighted by atomic mass is 9.85. The highest BCUT2D eigenvalue weighted by Gasteiger charge is 2.34. The lowest BCUT2D eigenvalue weighted by molar-refractivity contribution is -0.161. The van der Waals surface area contributed by atoms with Gasteiger partial charge in [0.15, 0.2) is 5.79 Å². The molecule has 0 radical (unpaired) electrons. The fourth-order valence-electron chi connectivity index (χ4n) is 2.63. The molecule has 2 unspecified atom stereocenters. The number of carbonyl (C=O) groups is 1. The summed E-state index contributed by atoms with van der Waals surface area (Å²) < 4.78 is 21.9. The molecule has 26 heavy (non-hydrogen) atoms. The molecule has 1 N–H and O–H groups in total. The molecule has 146 valence electrons. The number of rotatable bonds is 9. The summed E-state index contributed by atoms with van der Waals surface area (Å²) in [6, 6.07) is 9.82. The van der Waals surface area contributed by atoms with Crippen LogP contribution in [0.2, 0.25) is 0 Å². The summed E-state index contributed by atoms with van der Waals surface area (Å²) in [7, 11) is 0. The summed E-state index contributed by atoms with van der Waals surface area (Å²) >= 11 is 0. The van der Waals surface area contributed by atoms with Gasteiger partial charge in [-0.3, -0.25) is 4.79 Å². The number of hydrogen-bond acceptors (Lipinski definition) is 6.